The molecule has 0 aromatic carbocycles. The van der Waals surface area contributed by atoms with Gasteiger partial charge in [0, 0.05) is 13.1 Å². The molecule has 1 amide bonds. The smallest absolute Gasteiger partial charge is 0.306 e. The van der Waals surface area contributed by atoms with Crippen LogP contribution in [0.5, 0.6) is 0 Å². The van der Waals surface area contributed by atoms with Crippen molar-refractivity contribution in [2.24, 2.45) is 5.41 Å². The minimum Gasteiger partial charge on any atom is -0.469 e. The summed E-state index contributed by atoms with van der Waals surface area (Å²) in [6, 6.07) is 0. The lowest BCUT2D eigenvalue weighted by Gasteiger charge is -2.20. The molecule has 5 heteroatoms. The molecule has 114 valence electrons. The molecule has 20 heavy (non-hydrogen) atoms. The fraction of sp³-hybridized carbons (Fsp3) is 0.867. The van der Waals surface area contributed by atoms with E-state index in [-0.39, 0.29) is 17.3 Å². The molecule has 2 aliphatic rings. The van der Waals surface area contributed by atoms with Crippen LogP contribution in [0.15, 0.2) is 0 Å². The van der Waals surface area contributed by atoms with Crippen molar-refractivity contribution in [1.29, 1.82) is 0 Å². The minimum absolute atomic E-state index is 0.122. The van der Waals surface area contributed by atoms with Gasteiger partial charge in [0.25, 0.3) is 0 Å². The molecule has 1 heterocycles. The monoisotopic (exact) mass is 299 g/mol. The molecule has 2 rings (SSSR count). The van der Waals surface area contributed by atoms with Crippen LogP contribution in [0.3, 0.4) is 0 Å². The van der Waals surface area contributed by atoms with Crippen molar-refractivity contribution in [2.45, 2.75) is 44.9 Å². The number of thioether (sulfide) groups is 1. The second kappa shape index (κ2) is 7.34. The van der Waals surface area contributed by atoms with Crippen molar-refractivity contribution in [2.75, 3.05) is 31.7 Å². The van der Waals surface area contributed by atoms with Crippen LogP contribution >= 0.6 is 11.8 Å². The predicted molar refractivity (Wildman–Crippen MR) is 80.7 cm³/mol. The summed E-state index contributed by atoms with van der Waals surface area (Å²) < 4.78 is 4.74. The summed E-state index contributed by atoms with van der Waals surface area (Å²) in [5, 5.41) is 0. The van der Waals surface area contributed by atoms with E-state index < -0.39 is 0 Å². The third kappa shape index (κ3) is 4.69. The quantitative estimate of drug-likeness (QED) is 0.707. The van der Waals surface area contributed by atoms with E-state index in [0.717, 1.165) is 44.5 Å². The first kappa shape index (κ1) is 15.7. The average Bonchev–Trinajstić information content (AvgIpc) is 3.22. The van der Waals surface area contributed by atoms with Crippen LogP contribution in [-0.4, -0.2) is 48.5 Å². The first-order chi connectivity index (χ1) is 9.65. The Kier molecular flexibility index (Phi) is 5.75. The van der Waals surface area contributed by atoms with E-state index in [1.165, 1.54) is 20.0 Å². The standard InChI is InChI=1S/C15H25NO3S/c1-19-14(18)10-15(6-7-15)12-20-11-13(17)16-8-4-2-3-5-9-16/h2-12H2,1H3. The van der Waals surface area contributed by atoms with E-state index in [1.54, 1.807) is 11.8 Å². The highest BCUT2D eigenvalue weighted by Crippen LogP contribution is 2.51. The number of likely N-dealkylation sites (tertiary alicyclic amines) is 1. The molecule has 0 atom stereocenters. The van der Waals surface area contributed by atoms with Crippen LogP contribution in [0.1, 0.15) is 44.9 Å². The molecule has 0 aromatic heterocycles. The van der Waals surface area contributed by atoms with Crippen LogP contribution in [0, 0.1) is 5.41 Å². The molecule has 2 fully saturated rings. The fourth-order valence-corrected chi connectivity index (χ4v) is 3.98. The lowest BCUT2D eigenvalue weighted by Crippen LogP contribution is -2.33. The summed E-state index contributed by atoms with van der Waals surface area (Å²) in [5.74, 6) is 1.61. The Labute approximate surface area is 125 Å². The largest absolute Gasteiger partial charge is 0.469 e. The van der Waals surface area contributed by atoms with E-state index in [9.17, 15) is 9.59 Å². The summed E-state index contributed by atoms with van der Waals surface area (Å²) in [6.07, 6.45) is 7.47. The van der Waals surface area contributed by atoms with Crippen molar-refractivity contribution in [3.63, 3.8) is 0 Å². The van der Waals surface area contributed by atoms with Crippen molar-refractivity contribution in [3.8, 4) is 0 Å². The number of hydrogen-bond donors (Lipinski definition) is 0. The van der Waals surface area contributed by atoms with E-state index in [1.807, 2.05) is 4.90 Å². The predicted octanol–water partition coefficient (Wildman–Crippen LogP) is 2.47. The summed E-state index contributed by atoms with van der Waals surface area (Å²) in [4.78, 5) is 25.5. The maximum absolute atomic E-state index is 12.1. The minimum atomic E-state index is -0.123. The molecule has 1 saturated carbocycles. The lowest BCUT2D eigenvalue weighted by molar-refractivity contribution is -0.141. The van der Waals surface area contributed by atoms with Gasteiger partial charge in [0.1, 0.15) is 0 Å². The highest BCUT2D eigenvalue weighted by atomic mass is 32.2. The zero-order valence-corrected chi connectivity index (χ0v) is 13.2. The highest BCUT2D eigenvalue weighted by molar-refractivity contribution is 7.99. The number of nitrogens with zero attached hydrogens (tertiary/aromatic N) is 1. The molecule has 0 aromatic rings. The second-order valence-corrected chi connectivity index (χ2v) is 7.03. The van der Waals surface area contributed by atoms with Gasteiger partial charge in [-0.05, 0) is 36.9 Å². The normalized spacial score (nSPS) is 21.1. The number of esters is 1. The van der Waals surface area contributed by atoms with E-state index in [4.69, 9.17) is 4.74 Å². The van der Waals surface area contributed by atoms with Gasteiger partial charge in [-0.15, -0.1) is 0 Å². The number of hydrogen-bond acceptors (Lipinski definition) is 4. The third-order valence-corrected chi connectivity index (χ3v) is 5.56. The van der Waals surface area contributed by atoms with Crippen LogP contribution in [0.2, 0.25) is 0 Å². The van der Waals surface area contributed by atoms with Crippen molar-refractivity contribution in [3.05, 3.63) is 0 Å². The van der Waals surface area contributed by atoms with E-state index in [2.05, 4.69) is 0 Å². The second-order valence-electron chi connectivity index (χ2n) is 6.04. The summed E-state index contributed by atoms with van der Waals surface area (Å²) in [7, 11) is 1.44. The highest BCUT2D eigenvalue weighted by Gasteiger charge is 2.44. The molecule has 0 N–H and O–H groups in total. The molecular formula is C15H25NO3S. The molecule has 0 radical (unpaired) electrons. The van der Waals surface area contributed by atoms with Gasteiger partial charge in [0.2, 0.25) is 5.91 Å². The number of rotatable bonds is 6. The number of carbonyl (C=O) groups is 2. The Morgan fingerprint density at radius 2 is 1.80 bits per heavy atom. The fourth-order valence-electron chi connectivity index (χ4n) is 2.69. The average molecular weight is 299 g/mol. The maximum atomic E-state index is 12.1. The molecule has 0 spiro atoms. The van der Waals surface area contributed by atoms with Crippen LogP contribution in [-0.2, 0) is 14.3 Å². The molecular weight excluding hydrogens is 274 g/mol. The van der Waals surface area contributed by atoms with Gasteiger partial charge < -0.3 is 9.64 Å². The zero-order chi connectivity index (χ0) is 14.4. The maximum Gasteiger partial charge on any atom is 0.306 e. The van der Waals surface area contributed by atoms with E-state index >= 15 is 0 Å². The van der Waals surface area contributed by atoms with E-state index in [0.29, 0.717) is 12.2 Å². The zero-order valence-electron chi connectivity index (χ0n) is 12.4. The van der Waals surface area contributed by atoms with Gasteiger partial charge >= 0.3 is 5.97 Å². The third-order valence-electron chi connectivity index (χ3n) is 4.30. The van der Waals surface area contributed by atoms with Gasteiger partial charge in [0.05, 0.1) is 19.3 Å². The molecule has 1 aliphatic carbocycles. The lowest BCUT2D eigenvalue weighted by atomic mass is 10.1. The topological polar surface area (TPSA) is 46.6 Å². The summed E-state index contributed by atoms with van der Waals surface area (Å²) in [6.45, 7) is 1.85. The van der Waals surface area contributed by atoms with Crippen LogP contribution < -0.4 is 0 Å². The Morgan fingerprint density at radius 1 is 1.15 bits per heavy atom. The van der Waals surface area contributed by atoms with Crippen molar-refractivity contribution >= 4 is 23.6 Å². The number of amides is 1. The molecule has 1 saturated heterocycles. The first-order valence-electron chi connectivity index (χ1n) is 7.58. The summed E-state index contributed by atoms with van der Waals surface area (Å²) in [5.41, 5.74) is 0.122. The first-order valence-corrected chi connectivity index (χ1v) is 8.73. The van der Waals surface area contributed by atoms with Crippen LogP contribution in [0.4, 0.5) is 0 Å². The number of carbonyl (C=O) groups excluding carboxylic acids is 2. The Hall–Kier alpha value is -0.710. The number of methoxy groups -OCH3 is 1. The molecule has 1 aliphatic heterocycles. The van der Waals surface area contributed by atoms with Gasteiger partial charge in [-0.2, -0.15) is 11.8 Å². The Bertz CT molecular complexity index is 347. The molecule has 0 unspecified atom stereocenters. The van der Waals surface area contributed by atoms with Gasteiger partial charge in [0.15, 0.2) is 0 Å². The summed E-state index contributed by atoms with van der Waals surface area (Å²) >= 11 is 1.68. The van der Waals surface area contributed by atoms with Crippen molar-refractivity contribution in [1.82, 2.24) is 4.90 Å². The molecule has 0 bridgehead atoms. The van der Waals surface area contributed by atoms with Crippen LogP contribution in [0.25, 0.3) is 0 Å². The number of ether oxygens (including phenoxy) is 1. The molecule has 4 nitrogen and oxygen atoms in total. The Morgan fingerprint density at radius 3 is 2.35 bits per heavy atom. The van der Waals surface area contributed by atoms with Gasteiger partial charge in [-0.1, -0.05) is 12.8 Å². The van der Waals surface area contributed by atoms with Gasteiger partial charge in [-0.25, -0.2) is 0 Å². The van der Waals surface area contributed by atoms with Crippen molar-refractivity contribution < 1.29 is 14.3 Å². The Balaban J connectivity index is 1.67. The van der Waals surface area contributed by atoms with Gasteiger partial charge in [-0.3, -0.25) is 9.59 Å². The SMILES string of the molecule is COC(=O)CC1(CSCC(=O)N2CCCCCC2)CC1.